The molecule has 2 N–H and O–H groups in total. The summed E-state index contributed by atoms with van der Waals surface area (Å²) in [6, 6.07) is 1.74. The lowest BCUT2D eigenvalue weighted by molar-refractivity contribution is 0.0122. The predicted octanol–water partition coefficient (Wildman–Crippen LogP) is 3.01. The minimum atomic E-state index is 0.399. The predicted molar refractivity (Wildman–Crippen MR) is 74.0 cm³/mol. The van der Waals surface area contributed by atoms with E-state index >= 15 is 0 Å². The maximum Gasteiger partial charge on any atom is 0.0255 e. The van der Waals surface area contributed by atoms with Gasteiger partial charge in [0, 0.05) is 18.1 Å². The second-order valence-corrected chi connectivity index (χ2v) is 7.24. The van der Waals surface area contributed by atoms with Crippen LogP contribution in [0.3, 0.4) is 0 Å². The van der Waals surface area contributed by atoms with E-state index in [4.69, 9.17) is 5.73 Å². The van der Waals surface area contributed by atoms with Crippen LogP contribution >= 0.6 is 0 Å². The largest absolute Gasteiger partial charge is 0.326 e. The molecule has 17 heavy (non-hydrogen) atoms. The lowest BCUT2D eigenvalue weighted by atomic mass is 9.71. The molecule has 2 heteroatoms. The van der Waals surface area contributed by atoms with Gasteiger partial charge in [-0.15, -0.1) is 0 Å². The summed E-state index contributed by atoms with van der Waals surface area (Å²) in [7, 11) is 0. The number of hydrogen-bond donors (Lipinski definition) is 1. The van der Waals surface area contributed by atoms with Gasteiger partial charge < -0.3 is 5.73 Å². The van der Waals surface area contributed by atoms with Crippen LogP contribution in [0.25, 0.3) is 0 Å². The summed E-state index contributed by atoms with van der Waals surface area (Å²) < 4.78 is 0. The molecular weight excluding hydrogens is 208 g/mol. The van der Waals surface area contributed by atoms with E-state index in [1.807, 2.05) is 0 Å². The molecule has 0 bridgehead atoms. The van der Waals surface area contributed by atoms with Gasteiger partial charge in [0.1, 0.15) is 0 Å². The average Bonchev–Trinajstić information content (AvgIpc) is 2.26. The Kier molecular flexibility index (Phi) is 3.84. The standard InChI is InChI=1S/C15H30N2/c1-11-6-5-9-17(12(11)2)14-10-15(3,4)8-7-13(14)16/h11-14H,5-10,16H2,1-4H3. The van der Waals surface area contributed by atoms with Crippen molar-refractivity contribution in [3.05, 3.63) is 0 Å². The first-order chi connectivity index (χ1) is 7.91. The van der Waals surface area contributed by atoms with Gasteiger partial charge in [0.05, 0.1) is 0 Å². The van der Waals surface area contributed by atoms with E-state index in [9.17, 15) is 0 Å². The molecule has 2 fully saturated rings. The summed E-state index contributed by atoms with van der Waals surface area (Å²) in [4.78, 5) is 2.72. The van der Waals surface area contributed by atoms with E-state index in [-0.39, 0.29) is 0 Å². The van der Waals surface area contributed by atoms with Crippen LogP contribution in [0, 0.1) is 11.3 Å². The van der Waals surface area contributed by atoms with Crippen molar-refractivity contribution in [1.29, 1.82) is 0 Å². The zero-order valence-corrected chi connectivity index (χ0v) is 12.1. The van der Waals surface area contributed by atoms with Gasteiger partial charge in [0.15, 0.2) is 0 Å². The summed E-state index contributed by atoms with van der Waals surface area (Å²) in [6.45, 7) is 10.9. The fraction of sp³-hybridized carbons (Fsp3) is 1.00. The molecule has 0 aromatic carbocycles. The third-order valence-corrected chi connectivity index (χ3v) is 5.26. The van der Waals surface area contributed by atoms with Gasteiger partial charge in [0.2, 0.25) is 0 Å². The zero-order chi connectivity index (χ0) is 12.6. The highest BCUT2D eigenvalue weighted by Gasteiger charge is 2.39. The highest BCUT2D eigenvalue weighted by molar-refractivity contribution is 4.96. The summed E-state index contributed by atoms with van der Waals surface area (Å²) in [5.74, 6) is 0.834. The molecule has 0 amide bonds. The molecule has 0 spiro atoms. The van der Waals surface area contributed by atoms with Crippen molar-refractivity contribution in [3.63, 3.8) is 0 Å². The molecule has 4 atom stereocenters. The van der Waals surface area contributed by atoms with Gasteiger partial charge in [0.25, 0.3) is 0 Å². The van der Waals surface area contributed by atoms with E-state index in [2.05, 4.69) is 32.6 Å². The lowest BCUT2D eigenvalue weighted by Gasteiger charge is -2.50. The maximum atomic E-state index is 6.40. The van der Waals surface area contributed by atoms with Crippen molar-refractivity contribution in [2.24, 2.45) is 17.1 Å². The van der Waals surface area contributed by atoms with Gasteiger partial charge in [-0.2, -0.15) is 0 Å². The molecule has 1 aliphatic carbocycles. The monoisotopic (exact) mass is 238 g/mol. The van der Waals surface area contributed by atoms with Crippen LogP contribution in [0.1, 0.15) is 59.8 Å². The quantitative estimate of drug-likeness (QED) is 0.761. The first-order valence-corrected chi connectivity index (χ1v) is 7.42. The minimum Gasteiger partial charge on any atom is -0.326 e. The molecule has 4 unspecified atom stereocenters. The highest BCUT2D eigenvalue weighted by atomic mass is 15.2. The molecule has 0 aromatic heterocycles. The molecule has 1 saturated heterocycles. The van der Waals surface area contributed by atoms with Gasteiger partial charge in [-0.25, -0.2) is 0 Å². The maximum absolute atomic E-state index is 6.40. The number of hydrogen-bond acceptors (Lipinski definition) is 2. The van der Waals surface area contributed by atoms with Crippen molar-refractivity contribution in [1.82, 2.24) is 4.90 Å². The molecule has 1 heterocycles. The topological polar surface area (TPSA) is 29.3 Å². The Balaban J connectivity index is 2.08. The fourth-order valence-corrected chi connectivity index (χ4v) is 3.77. The Morgan fingerprint density at radius 1 is 1.18 bits per heavy atom. The second-order valence-electron chi connectivity index (χ2n) is 7.24. The van der Waals surface area contributed by atoms with Crippen molar-refractivity contribution in [2.45, 2.75) is 77.9 Å². The average molecular weight is 238 g/mol. The summed E-state index contributed by atoms with van der Waals surface area (Å²) in [5, 5.41) is 0. The smallest absolute Gasteiger partial charge is 0.0255 e. The van der Waals surface area contributed by atoms with Crippen LogP contribution in [0.4, 0.5) is 0 Å². The number of nitrogens with two attached hydrogens (primary N) is 1. The Morgan fingerprint density at radius 3 is 2.59 bits per heavy atom. The van der Waals surface area contributed by atoms with Crippen LogP contribution in [0.5, 0.6) is 0 Å². The van der Waals surface area contributed by atoms with E-state index in [1.165, 1.54) is 38.6 Å². The third-order valence-electron chi connectivity index (χ3n) is 5.26. The molecular formula is C15H30N2. The zero-order valence-electron chi connectivity index (χ0n) is 12.1. The second kappa shape index (κ2) is 4.89. The van der Waals surface area contributed by atoms with Gasteiger partial charge in [-0.1, -0.05) is 20.8 Å². The van der Waals surface area contributed by atoms with E-state index in [1.54, 1.807) is 0 Å². The van der Waals surface area contributed by atoms with Crippen molar-refractivity contribution < 1.29 is 0 Å². The Bertz CT molecular complexity index is 262. The van der Waals surface area contributed by atoms with Crippen molar-refractivity contribution in [2.75, 3.05) is 6.54 Å². The van der Waals surface area contributed by atoms with Crippen LogP contribution < -0.4 is 5.73 Å². The number of likely N-dealkylation sites (tertiary alicyclic amines) is 1. The van der Waals surface area contributed by atoms with Gasteiger partial charge >= 0.3 is 0 Å². The van der Waals surface area contributed by atoms with E-state index in [0.29, 0.717) is 23.5 Å². The Morgan fingerprint density at radius 2 is 1.88 bits per heavy atom. The number of piperidine rings is 1. The van der Waals surface area contributed by atoms with E-state index < -0.39 is 0 Å². The van der Waals surface area contributed by atoms with Crippen LogP contribution in [-0.2, 0) is 0 Å². The number of rotatable bonds is 1. The summed E-state index contributed by atoms with van der Waals surface area (Å²) in [5.41, 5.74) is 6.88. The first-order valence-electron chi connectivity index (χ1n) is 7.42. The first kappa shape index (κ1) is 13.4. The molecule has 100 valence electrons. The van der Waals surface area contributed by atoms with Crippen LogP contribution in [-0.4, -0.2) is 29.6 Å². The van der Waals surface area contributed by atoms with Gasteiger partial charge in [-0.05, 0) is 56.9 Å². The van der Waals surface area contributed by atoms with E-state index in [0.717, 1.165) is 5.92 Å². The number of nitrogens with zero attached hydrogens (tertiary/aromatic N) is 1. The SMILES string of the molecule is CC1CCCN(C2CC(C)(C)CCC2N)C1C. The lowest BCUT2D eigenvalue weighted by Crippen LogP contribution is -2.58. The summed E-state index contributed by atoms with van der Waals surface area (Å²) in [6.07, 6.45) is 6.53. The Hall–Kier alpha value is -0.0800. The van der Waals surface area contributed by atoms with Crippen molar-refractivity contribution >= 4 is 0 Å². The third kappa shape index (κ3) is 2.85. The molecule has 2 nitrogen and oxygen atoms in total. The molecule has 2 aliphatic rings. The highest BCUT2D eigenvalue weighted by Crippen LogP contribution is 2.39. The molecule has 1 saturated carbocycles. The molecule has 0 aromatic rings. The van der Waals surface area contributed by atoms with Crippen molar-refractivity contribution in [3.8, 4) is 0 Å². The molecule has 2 rings (SSSR count). The van der Waals surface area contributed by atoms with Gasteiger partial charge in [-0.3, -0.25) is 4.90 Å². The normalized spacial score (nSPS) is 43.6. The molecule has 0 radical (unpaired) electrons. The minimum absolute atomic E-state index is 0.399. The fourth-order valence-electron chi connectivity index (χ4n) is 3.77. The summed E-state index contributed by atoms with van der Waals surface area (Å²) >= 11 is 0. The van der Waals surface area contributed by atoms with Crippen LogP contribution in [0.2, 0.25) is 0 Å². The molecule has 1 aliphatic heterocycles. The Labute approximate surface area is 107 Å². The van der Waals surface area contributed by atoms with Crippen LogP contribution in [0.15, 0.2) is 0 Å².